The molecule has 0 radical (unpaired) electrons. The number of aromatic carboxylic acids is 1. The number of carboxylic acids is 1. The number of anilines is 1. The highest BCUT2D eigenvalue weighted by molar-refractivity contribution is 6.31. The fourth-order valence-corrected chi connectivity index (χ4v) is 1.42. The molecule has 2 N–H and O–H groups in total. The van der Waals surface area contributed by atoms with Crippen LogP contribution in [0.5, 0.6) is 0 Å². The SMILES string of the molecule is CC[C@@H](C)C(=O)Nc1cc(Cl)ccc1C(=O)O. The van der Waals surface area contributed by atoms with Gasteiger partial charge in [0.2, 0.25) is 5.91 Å². The van der Waals surface area contributed by atoms with Crippen molar-refractivity contribution in [2.24, 2.45) is 5.92 Å². The number of rotatable bonds is 4. The van der Waals surface area contributed by atoms with Crippen LogP contribution in [-0.4, -0.2) is 17.0 Å². The van der Waals surface area contributed by atoms with Gasteiger partial charge in [-0.05, 0) is 24.6 Å². The molecule has 0 heterocycles. The van der Waals surface area contributed by atoms with Crippen molar-refractivity contribution >= 4 is 29.2 Å². The molecule has 5 heteroatoms. The van der Waals surface area contributed by atoms with E-state index in [2.05, 4.69) is 5.32 Å². The van der Waals surface area contributed by atoms with E-state index in [1.54, 1.807) is 6.92 Å². The molecule has 0 saturated heterocycles. The summed E-state index contributed by atoms with van der Waals surface area (Å²) in [6.45, 7) is 3.67. The Labute approximate surface area is 105 Å². The first-order valence-corrected chi connectivity index (χ1v) is 5.67. The minimum Gasteiger partial charge on any atom is -0.478 e. The number of amides is 1. The normalized spacial score (nSPS) is 11.9. The number of carbonyl (C=O) groups excluding carboxylic acids is 1. The Morgan fingerprint density at radius 3 is 2.65 bits per heavy atom. The van der Waals surface area contributed by atoms with Crippen molar-refractivity contribution in [3.05, 3.63) is 28.8 Å². The third-order valence-electron chi connectivity index (χ3n) is 2.53. The Kier molecular flexibility index (Phi) is 4.52. The van der Waals surface area contributed by atoms with E-state index < -0.39 is 5.97 Å². The Bertz CT molecular complexity index is 445. The number of carboxylic acid groups (broad SMARTS) is 1. The van der Waals surface area contributed by atoms with Gasteiger partial charge in [-0.2, -0.15) is 0 Å². The van der Waals surface area contributed by atoms with E-state index in [1.807, 2.05) is 6.92 Å². The minimum absolute atomic E-state index is 0.0334. The molecule has 0 fully saturated rings. The van der Waals surface area contributed by atoms with Crippen LogP contribution in [0.15, 0.2) is 18.2 Å². The smallest absolute Gasteiger partial charge is 0.337 e. The third kappa shape index (κ3) is 3.46. The lowest BCUT2D eigenvalue weighted by molar-refractivity contribution is -0.119. The summed E-state index contributed by atoms with van der Waals surface area (Å²) in [5, 5.41) is 11.9. The number of hydrogen-bond acceptors (Lipinski definition) is 2. The Morgan fingerprint density at radius 1 is 1.47 bits per heavy atom. The molecule has 0 aliphatic carbocycles. The van der Waals surface area contributed by atoms with Gasteiger partial charge in [-0.1, -0.05) is 25.4 Å². The molecule has 92 valence electrons. The van der Waals surface area contributed by atoms with Gasteiger partial charge in [0.05, 0.1) is 11.3 Å². The Morgan fingerprint density at radius 2 is 2.12 bits per heavy atom. The van der Waals surface area contributed by atoms with E-state index in [0.29, 0.717) is 11.4 Å². The second-order valence-electron chi connectivity index (χ2n) is 3.79. The van der Waals surface area contributed by atoms with E-state index in [4.69, 9.17) is 16.7 Å². The van der Waals surface area contributed by atoms with Crippen LogP contribution in [0.1, 0.15) is 30.6 Å². The maximum absolute atomic E-state index is 11.7. The van der Waals surface area contributed by atoms with Gasteiger partial charge in [0.15, 0.2) is 0 Å². The number of benzene rings is 1. The average Bonchev–Trinajstić information content (AvgIpc) is 2.27. The quantitative estimate of drug-likeness (QED) is 0.869. The first-order chi connectivity index (χ1) is 7.95. The van der Waals surface area contributed by atoms with E-state index >= 15 is 0 Å². The summed E-state index contributed by atoms with van der Waals surface area (Å²) in [6, 6.07) is 4.28. The van der Waals surface area contributed by atoms with Crippen LogP contribution in [0.2, 0.25) is 5.02 Å². The topological polar surface area (TPSA) is 66.4 Å². The lowest BCUT2D eigenvalue weighted by Crippen LogP contribution is -2.21. The summed E-state index contributed by atoms with van der Waals surface area (Å²) in [5.74, 6) is -1.48. The van der Waals surface area contributed by atoms with E-state index in [1.165, 1.54) is 18.2 Å². The summed E-state index contributed by atoms with van der Waals surface area (Å²) in [4.78, 5) is 22.6. The molecular weight excluding hydrogens is 242 g/mol. The number of halogens is 1. The van der Waals surface area contributed by atoms with E-state index in [-0.39, 0.29) is 23.1 Å². The minimum atomic E-state index is -1.10. The Hall–Kier alpha value is -1.55. The largest absolute Gasteiger partial charge is 0.478 e. The van der Waals surface area contributed by atoms with Gasteiger partial charge in [0, 0.05) is 10.9 Å². The highest BCUT2D eigenvalue weighted by Gasteiger charge is 2.15. The summed E-state index contributed by atoms with van der Waals surface area (Å²) in [7, 11) is 0. The van der Waals surface area contributed by atoms with Crippen molar-refractivity contribution in [3.8, 4) is 0 Å². The molecule has 4 nitrogen and oxygen atoms in total. The molecule has 1 amide bonds. The lowest BCUT2D eigenvalue weighted by Gasteiger charge is -2.12. The van der Waals surface area contributed by atoms with Gasteiger partial charge in [0.25, 0.3) is 0 Å². The van der Waals surface area contributed by atoms with Crippen LogP contribution >= 0.6 is 11.6 Å². The van der Waals surface area contributed by atoms with Crippen LogP contribution in [0, 0.1) is 5.92 Å². The molecule has 0 bridgehead atoms. The van der Waals surface area contributed by atoms with Gasteiger partial charge in [-0.3, -0.25) is 4.79 Å². The molecular formula is C12H14ClNO3. The molecule has 1 aromatic rings. The van der Waals surface area contributed by atoms with Crippen LogP contribution < -0.4 is 5.32 Å². The van der Waals surface area contributed by atoms with Crippen LogP contribution in [0.4, 0.5) is 5.69 Å². The maximum atomic E-state index is 11.7. The molecule has 0 aliphatic heterocycles. The van der Waals surface area contributed by atoms with Crippen molar-refractivity contribution in [1.29, 1.82) is 0 Å². The van der Waals surface area contributed by atoms with Crippen molar-refractivity contribution < 1.29 is 14.7 Å². The summed E-state index contributed by atoms with van der Waals surface area (Å²) in [6.07, 6.45) is 0.689. The first-order valence-electron chi connectivity index (χ1n) is 5.29. The highest BCUT2D eigenvalue weighted by Crippen LogP contribution is 2.22. The van der Waals surface area contributed by atoms with Crippen molar-refractivity contribution in [2.45, 2.75) is 20.3 Å². The predicted molar refractivity (Wildman–Crippen MR) is 66.5 cm³/mol. The number of carbonyl (C=O) groups is 2. The highest BCUT2D eigenvalue weighted by atomic mass is 35.5. The van der Waals surface area contributed by atoms with Gasteiger partial charge in [-0.25, -0.2) is 4.79 Å². The standard InChI is InChI=1S/C12H14ClNO3/c1-3-7(2)11(15)14-10-6-8(13)4-5-9(10)12(16)17/h4-7H,3H2,1-2H3,(H,14,15)(H,16,17)/t7-/m1/s1. The zero-order valence-corrected chi connectivity index (χ0v) is 10.4. The number of hydrogen-bond donors (Lipinski definition) is 2. The van der Waals surface area contributed by atoms with E-state index in [9.17, 15) is 9.59 Å². The Balaban J connectivity index is 3.00. The molecule has 1 atom stereocenters. The maximum Gasteiger partial charge on any atom is 0.337 e. The zero-order chi connectivity index (χ0) is 13.0. The van der Waals surface area contributed by atoms with Gasteiger partial charge >= 0.3 is 5.97 Å². The molecule has 0 aliphatic rings. The van der Waals surface area contributed by atoms with Gasteiger partial charge < -0.3 is 10.4 Å². The molecule has 17 heavy (non-hydrogen) atoms. The molecule has 1 aromatic carbocycles. The van der Waals surface area contributed by atoms with Crippen molar-refractivity contribution in [2.75, 3.05) is 5.32 Å². The first kappa shape index (κ1) is 13.5. The molecule has 0 unspecified atom stereocenters. The second kappa shape index (κ2) is 5.68. The monoisotopic (exact) mass is 255 g/mol. The summed E-state index contributed by atoms with van der Waals surface area (Å²) in [5.41, 5.74) is 0.265. The molecule has 0 aromatic heterocycles. The van der Waals surface area contributed by atoms with Gasteiger partial charge in [0.1, 0.15) is 0 Å². The molecule has 0 spiro atoms. The fraction of sp³-hybridized carbons (Fsp3) is 0.333. The summed E-state index contributed by atoms with van der Waals surface area (Å²) >= 11 is 5.77. The predicted octanol–water partition coefficient (Wildman–Crippen LogP) is 3.02. The average molecular weight is 256 g/mol. The zero-order valence-electron chi connectivity index (χ0n) is 9.66. The lowest BCUT2D eigenvalue weighted by atomic mass is 10.1. The van der Waals surface area contributed by atoms with E-state index in [0.717, 1.165) is 0 Å². The third-order valence-corrected chi connectivity index (χ3v) is 2.76. The van der Waals surface area contributed by atoms with Crippen molar-refractivity contribution in [3.63, 3.8) is 0 Å². The molecule has 0 saturated carbocycles. The van der Waals surface area contributed by atoms with Crippen molar-refractivity contribution in [1.82, 2.24) is 0 Å². The number of nitrogens with one attached hydrogen (secondary N) is 1. The molecule has 1 rings (SSSR count). The van der Waals surface area contributed by atoms with Crippen LogP contribution in [0.3, 0.4) is 0 Å². The van der Waals surface area contributed by atoms with Gasteiger partial charge in [-0.15, -0.1) is 0 Å². The van der Waals surface area contributed by atoms with Crippen LogP contribution in [-0.2, 0) is 4.79 Å². The second-order valence-corrected chi connectivity index (χ2v) is 4.23. The van der Waals surface area contributed by atoms with Crippen LogP contribution in [0.25, 0.3) is 0 Å². The summed E-state index contributed by atoms with van der Waals surface area (Å²) < 4.78 is 0. The fourth-order valence-electron chi connectivity index (χ4n) is 1.25.